The molecule has 10 heavy (non-hydrogen) atoms. The summed E-state index contributed by atoms with van der Waals surface area (Å²) < 4.78 is 12.6. The van der Waals surface area contributed by atoms with Gasteiger partial charge in [0.15, 0.2) is 5.82 Å². The minimum Gasteiger partial charge on any atom is -0.508 e. The first-order valence-corrected chi connectivity index (χ1v) is 3.31. The largest absolute Gasteiger partial charge is 0.508 e. The number of phenolic OH excluding ortho intramolecular Hbond substituents is 1. The van der Waals surface area contributed by atoms with E-state index < -0.39 is 5.82 Å². The van der Waals surface area contributed by atoms with Crippen LogP contribution in [0.2, 0.25) is 5.02 Å². The molecule has 0 spiro atoms. The summed E-state index contributed by atoms with van der Waals surface area (Å²) in [6, 6.07) is 2.31. The molecule has 0 aromatic heterocycles. The predicted molar refractivity (Wildman–Crippen MR) is 40.3 cm³/mol. The van der Waals surface area contributed by atoms with Crippen molar-refractivity contribution in [2.45, 2.75) is 4.90 Å². The van der Waals surface area contributed by atoms with Gasteiger partial charge in [0.1, 0.15) is 5.75 Å². The first-order chi connectivity index (χ1) is 4.61. The zero-order valence-corrected chi connectivity index (χ0v) is 6.46. The Balaban J connectivity index is 3.31. The van der Waals surface area contributed by atoms with Crippen molar-refractivity contribution < 1.29 is 9.50 Å². The van der Waals surface area contributed by atoms with Gasteiger partial charge in [-0.15, -0.1) is 12.6 Å². The first-order valence-electron chi connectivity index (χ1n) is 2.48. The van der Waals surface area contributed by atoms with E-state index in [0.29, 0.717) is 0 Å². The molecule has 54 valence electrons. The van der Waals surface area contributed by atoms with Crippen molar-refractivity contribution in [3.05, 3.63) is 23.0 Å². The molecule has 0 aliphatic heterocycles. The van der Waals surface area contributed by atoms with Gasteiger partial charge in [0.25, 0.3) is 0 Å². The number of hydrogen-bond donors (Lipinski definition) is 2. The van der Waals surface area contributed by atoms with E-state index in [2.05, 4.69) is 12.6 Å². The van der Waals surface area contributed by atoms with Crippen LogP contribution in [0.1, 0.15) is 0 Å². The van der Waals surface area contributed by atoms with Gasteiger partial charge in [-0.3, -0.25) is 0 Å². The van der Waals surface area contributed by atoms with Crippen molar-refractivity contribution in [2.24, 2.45) is 0 Å². The Morgan fingerprint density at radius 2 is 2.10 bits per heavy atom. The second-order valence-corrected chi connectivity index (χ2v) is 2.65. The van der Waals surface area contributed by atoms with E-state index in [1.807, 2.05) is 0 Å². The molecule has 4 heteroatoms. The van der Waals surface area contributed by atoms with Gasteiger partial charge in [-0.05, 0) is 6.07 Å². The molecule has 0 fully saturated rings. The Bertz CT molecular complexity index is 241. The minimum atomic E-state index is -0.609. The molecule has 0 bridgehead atoms. The van der Waals surface area contributed by atoms with Crippen LogP contribution in [0.15, 0.2) is 17.0 Å². The average molecular weight is 179 g/mol. The number of rotatable bonds is 0. The lowest BCUT2D eigenvalue weighted by Gasteiger charge is -1.97. The van der Waals surface area contributed by atoms with Crippen LogP contribution >= 0.6 is 24.2 Å². The summed E-state index contributed by atoms with van der Waals surface area (Å²) in [4.78, 5) is 0.0463. The molecule has 0 radical (unpaired) electrons. The molecule has 0 amide bonds. The summed E-state index contributed by atoms with van der Waals surface area (Å²) in [5, 5.41) is 8.70. The van der Waals surface area contributed by atoms with E-state index in [4.69, 9.17) is 16.7 Å². The molecule has 1 aromatic carbocycles. The third-order valence-corrected chi connectivity index (χ3v) is 1.59. The van der Waals surface area contributed by atoms with Crippen LogP contribution in [-0.4, -0.2) is 5.11 Å². The summed E-state index contributed by atoms with van der Waals surface area (Å²) in [5.74, 6) is -0.695. The highest BCUT2D eigenvalue weighted by Gasteiger charge is 2.04. The van der Waals surface area contributed by atoms with E-state index in [9.17, 15) is 4.39 Å². The van der Waals surface area contributed by atoms with Gasteiger partial charge in [-0.2, -0.15) is 0 Å². The summed E-state index contributed by atoms with van der Waals surface area (Å²) >= 11 is 9.05. The van der Waals surface area contributed by atoms with Crippen molar-refractivity contribution in [2.75, 3.05) is 0 Å². The molecular weight excluding hydrogens is 175 g/mol. The number of aromatic hydroxyl groups is 1. The lowest BCUT2D eigenvalue weighted by atomic mass is 10.3. The molecule has 1 N–H and O–H groups in total. The normalized spacial score (nSPS) is 9.90. The molecule has 1 aromatic rings. The fourth-order valence-corrected chi connectivity index (χ4v) is 1.09. The number of halogens is 2. The molecular formula is C6H4ClFOS. The Kier molecular flexibility index (Phi) is 2.06. The Morgan fingerprint density at radius 3 is 2.60 bits per heavy atom. The summed E-state index contributed by atoms with van der Waals surface area (Å²) in [5.41, 5.74) is 0. The van der Waals surface area contributed by atoms with Gasteiger partial charge in [0.05, 0.1) is 5.02 Å². The van der Waals surface area contributed by atoms with Crippen LogP contribution in [0.3, 0.4) is 0 Å². The maximum Gasteiger partial charge on any atom is 0.155 e. The van der Waals surface area contributed by atoms with Crippen LogP contribution in [0.5, 0.6) is 5.75 Å². The quantitative estimate of drug-likeness (QED) is 0.585. The molecule has 1 nitrogen and oxygen atoms in total. The maximum atomic E-state index is 12.6. The molecule has 1 rings (SSSR count). The number of thiol groups is 1. The van der Waals surface area contributed by atoms with Crippen molar-refractivity contribution in [3.63, 3.8) is 0 Å². The second kappa shape index (κ2) is 2.68. The lowest BCUT2D eigenvalue weighted by molar-refractivity contribution is 0.470. The fraction of sp³-hybridized carbons (Fsp3) is 0. The fourth-order valence-electron chi connectivity index (χ4n) is 0.561. The third-order valence-electron chi connectivity index (χ3n) is 0.994. The van der Waals surface area contributed by atoms with E-state index in [-0.39, 0.29) is 15.7 Å². The molecule has 0 saturated heterocycles. The Labute approximate surface area is 67.8 Å². The predicted octanol–water partition coefficient (Wildman–Crippen LogP) is 2.47. The van der Waals surface area contributed by atoms with E-state index >= 15 is 0 Å². The van der Waals surface area contributed by atoms with Crippen LogP contribution in [0.4, 0.5) is 4.39 Å². The van der Waals surface area contributed by atoms with Crippen LogP contribution in [0, 0.1) is 5.82 Å². The number of benzene rings is 1. The zero-order valence-electron chi connectivity index (χ0n) is 4.81. The Hall–Kier alpha value is -0.410. The second-order valence-electron chi connectivity index (χ2n) is 1.76. The van der Waals surface area contributed by atoms with E-state index in [1.54, 1.807) is 0 Å². The van der Waals surface area contributed by atoms with E-state index in [1.165, 1.54) is 6.07 Å². The molecule has 0 aliphatic carbocycles. The van der Waals surface area contributed by atoms with Gasteiger partial charge in [-0.1, -0.05) is 11.6 Å². The monoisotopic (exact) mass is 178 g/mol. The number of phenols is 1. The summed E-state index contributed by atoms with van der Waals surface area (Å²) in [7, 11) is 0. The van der Waals surface area contributed by atoms with Crippen LogP contribution in [0.25, 0.3) is 0 Å². The van der Waals surface area contributed by atoms with Gasteiger partial charge >= 0.3 is 0 Å². The molecule has 0 aliphatic rings. The standard InChI is InChI=1S/C6H4ClFOS/c7-4-1-3(9)2-5(10)6(4)8/h1-2,9-10H. The van der Waals surface area contributed by atoms with Gasteiger partial charge in [0, 0.05) is 11.0 Å². The Morgan fingerprint density at radius 1 is 1.50 bits per heavy atom. The summed E-state index contributed by atoms with van der Waals surface area (Å²) in [6.45, 7) is 0. The first kappa shape index (κ1) is 7.69. The van der Waals surface area contributed by atoms with Crippen LogP contribution < -0.4 is 0 Å². The smallest absolute Gasteiger partial charge is 0.155 e. The molecule has 0 saturated carbocycles. The van der Waals surface area contributed by atoms with Gasteiger partial charge < -0.3 is 5.11 Å². The highest BCUT2D eigenvalue weighted by Crippen LogP contribution is 2.26. The molecule has 0 atom stereocenters. The topological polar surface area (TPSA) is 20.2 Å². The third kappa shape index (κ3) is 1.36. The van der Waals surface area contributed by atoms with Crippen LogP contribution in [-0.2, 0) is 0 Å². The van der Waals surface area contributed by atoms with Gasteiger partial charge in [0.2, 0.25) is 0 Å². The zero-order chi connectivity index (χ0) is 7.72. The molecule has 0 heterocycles. The average Bonchev–Trinajstić information content (AvgIpc) is 1.82. The van der Waals surface area contributed by atoms with Crippen molar-refractivity contribution in [1.29, 1.82) is 0 Å². The van der Waals surface area contributed by atoms with Crippen molar-refractivity contribution in [1.82, 2.24) is 0 Å². The lowest BCUT2D eigenvalue weighted by Crippen LogP contribution is -1.78. The maximum absolute atomic E-state index is 12.6. The van der Waals surface area contributed by atoms with Crippen molar-refractivity contribution in [3.8, 4) is 5.75 Å². The van der Waals surface area contributed by atoms with Crippen molar-refractivity contribution >= 4 is 24.2 Å². The highest BCUT2D eigenvalue weighted by atomic mass is 35.5. The van der Waals surface area contributed by atoms with Gasteiger partial charge in [-0.25, -0.2) is 4.39 Å². The SMILES string of the molecule is Oc1cc(S)c(F)c(Cl)c1. The highest BCUT2D eigenvalue weighted by molar-refractivity contribution is 7.80. The minimum absolute atomic E-state index is 0.0463. The molecule has 0 unspecified atom stereocenters. The summed E-state index contributed by atoms with van der Waals surface area (Å²) in [6.07, 6.45) is 0. The van der Waals surface area contributed by atoms with E-state index in [0.717, 1.165) is 6.07 Å². The number of hydrogen-bond acceptors (Lipinski definition) is 2.